The smallest absolute Gasteiger partial charge is 0.141 e. The van der Waals surface area contributed by atoms with Crippen LogP contribution in [-0.2, 0) is 4.79 Å². The molecule has 0 aromatic heterocycles. The third-order valence-corrected chi connectivity index (χ3v) is 3.80. The summed E-state index contributed by atoms with van der Waals surface area (Å²) in [6.07, 6.45) is 0.201. The molecule has 0 spiro atoms. The quantitative estimate of drug-likeness (QED) is 0.785. The molecular formula is C14H18O2. The van der Waals surface area contributed by atoms with Crippen LogP contribution in [0.2, 0.25) is 0 Å². The van der Waals surface area contributed by atoms with E-state index in [2.05, 4.69) is 0 Å². The number of carbonyl (C=O) groups excluding carboxylic acids is 1. The summed E-state index contributed by atoms with van der Waals surface area (Å²) < 4.78 is 0. The fourth-order valence-corrected chi connectivity index (χ4v) is 2.60. The number of ketones is 1. The van der Waals surface area contributed by atoms with Crippen molar-refractivity contribution in [1.29, 1.82) is 0 Å². The second-order valence-corrected chi connectivity index (χ2v) is 4.80. The molecule has 0 unspecified atom stereocenters. The van der Waals surface area contributed by atoms with Crippen LogP contribution in [0, 0.1) is 11.8 Å². The second-order valence-electron chi connectivity index (χ2n) is 4.80. The minimum atomic E-state index is -0.492. The lowest BCUT2D eigenvalue weighted by atomic mass is 9.70. The van der Waals surface area contributed by atoms with Crippen molar-refractivity contribution in [3.63, 3.8) is 0 Å². The molecule has 1 aliphatic carbocycles. The third kappa shape index (κ3) is 1.90. The van der Waals surface area contributed by atoms with Gasteiger partial charge in [0.25, 0.3) is 0 Å². The van der Waals surface area contributed by atoms with Crippen molar-refractivity contribution in [2.45, 2.75) is 32.3 Å². The molecule has 4 atom stereocenters. The summed E-state index contributed by atoms with van der Waals surface area (Å²) in [6, 6.07) is 10.0. The molecule has 0 heterocycles. The Kier molecular flexibility index (Phi) is 3.10. The average molecular weight is 218 g/mol. The van der Waals surface area contributed by atoms with Crippen LogP contribution in [0.25, 0.3) is 0 Å². The highest BCUT2D eigenvalue weighted by atomic mass is 16.3. The van der Waals surface area contributed by atoms with E-state index >= 15 is 0 Å². The standard InChI is InChI=1S/C14H18O2/c1-9-12(11-6-4-3-5-7-11)8-13(15)10(2)14(9)16/h3-7,9-10,12-13,15H,8H2,1-2H3/t9-,10+,12+,13-/m1/s1. The molecule has 0 bridgehead atoms. The Balaban J connectivity index is 2.26. The number of aliphatic hydroxyl groups excluding tert-OH is 1. The van der Waals surface area contributed by atoms with E-state index < -0.39 is 6.10 Å². The van der Waals surface area contributed by atoms with E-state index in [0.717, 1.165) is 5.56 Å². The van der Waals surface area contributed by atoms with Gasteiger partial charge in [0, 0.05) is 11.8 Å². The molecule has 0 amide bonds. The summed E-state index contributed by atoms with van der Waals surface area (Å²) in [5, 5.41) is 9.88. The number of rotatable bonds is 1. The van der Waals surface area contributed by atoms with Gasteiger partial charge >= 0.3 is 0 Å². The summed E-state index contributed by atoms with van der Waals surface area (Å²) in [5.41, 5.74) is 1.16. The van der Waals surface area contributed by atoms with Crippen LogP contribution < -0.4 is 0 Å². The van der Waals surface area contributed by atoms with Gasteiger partial charge in [0.15, 0.2) is 0 Å². The predicted molar refractivity (Wildman–Crippen MR) is 63.1 cm³/mol. The first-order valence-electron chi connectivity index (χ1n) is 5.88. The first-order valence-corrected chi connectivity index (χ1v) is 5.88. The van der Waals surface area contributed by atoms with E-state index in [0.29, 0.717) is 6.42 Å². The molecule has 0 saturated heterocycles. The van der Waals surface area contributed by atoms with E-state index in [9.17, 15) is 9.90 Å². The van der Waals surface area contributed by atoms with Crippen molar-refractivity contribution in [1.82, 2.24) is 0 Å². The van der Waals surface area contributed by atoms with Crippen LogP contribution in [0.3, 0.4) is 0 Å². The Hall–Kier alpha value is -1.15. The molecule has 1 aliphatic rings. The highest BCUT2D eigenvalue weighted by Crippen LogP contribution is 2.37. The molecular weight excluding hydrogens is 200 g/mol. The fraction of sp³-hybridized carbons (Fsp3) is 0.500. The van der Waals surface area contributed by atoms with E-state index in [1.807, 2.05) is 44.2 Å². The molecule has 1 saturated carbocycles. The topological polar surface area (TPSA) is 37.3 Å². The second kappa shape index (κ2) is 4.38. The lowest BCUT2D eigenvalue weighted by Crippen LogP contribution is -2.39. The number of hydrogen-bond acceptors (Lipinski definition) is 2. The number of benzene rings is 1. The van der Waals surface area contributed by atoms with Gasteiger partial charge in [-0.15, -0.1) is 0 Å². The van der Waals surface area contributed by atoms with Crippen LogP contribution in [0.15, 0.2) is 30.3 Å². The maximum Gasteiger partial charge on any atom is 0.141 e. The van der Waals surface area contributed by atoms with Crippen LogP contribution in [-0.4, -0.2) is 17.0 Å². The fourth-order valence-electron chi connectivity index (χ4n) is 2.60. The lowest BCUT2D eigenvalue weighted by Gasteiger charge is -2.35. The van der Waals surface area contributed by atoms with E-state index in [4.69, 9.17) is 0 Å². The first-order chi connectivity index (χ1) is 7.61. The third-order valence-electron chi connectivity index (χ3n) is 3.80. The van der Waals surface area contributed by atoms with Crippen molar-refractivity contribution in [3.05, 3.63) is 35.9 Å². The Morgan fingerprint density at radius 2 is 1.75 bits per heavy atom. The van der Waals surface area contributed by atoms with Gasteiger partial charge in [-0.25, -0.2) is 0 Å². The Bertz CT molecular complexity index is 372. The zero-order valence-corrected chi connectivity index (χ0v) is 9.76. The summed E-state index contributed by atoms with van der Waals surface area (Å²) in [6.45, 7) is 3.80. The molecule has 2 heteroatoms. The normalized spacial score (nSPS) is 35.1. The van der Waals surface area contributed by atoms with E-state index in [-0.39, 0.29) is 23.5 Å². The minimum absolute atomic E-state index is 0.0146. The Morgan fingerprint density at radius 1 is 1.12 bits per heavy atom. The molecule has 1 fully saturated rings. The lowest BCUT2D eigenvalue weighted by molar-refractivity contribution is -0.134. The summed E-state index contributed by atoms with van der Waals surface area (Å²) in [5.74, 6) is 0.156. The molecule has 1 N–H and O–H groups in total. The van der Waals surface area contributed by atoms with Crippen molar-refractivity contribution in [2.75, 3.05) is 0 Å². The minimum Gasteiger partial charge on any atom is -0.392 e. The van der Waals surface area contributed by atoms with Crippen molar-refractivity contribution >= 4 is 5.78 Å². The molecule has 0 radical (unpaired) electrons. The summed E-state index contributed by atoms with van der Waals surface area (Å²) >= 11 is 0. The zero-order valence-electron chi connectivity index (χ0n) is 9.76. The zero-order chi connectivity index (χ0) is 11.7. The van der Waals surface area contributed by atoms with E-state index in [1.54, 1.807) is 0 Å². The molecule has 86 valence electrons. The van der Waals surface area contributed by atoms with Crippen LogP contribution in [0.5, 0.6) is 0 Å². The molecule has 2 nitrogen and oxygen atoms in total. The maximum atomic E-state index is 12.0. The van der Waals surface area contributed by atoms with Gasteiger partial charge in [0.1, 0.15) is 5.78 Å². The van der Waals surface area contributed by atoms with Gasteiger partial charge in [0.05, 0.1) is 6.10 Å². The molecule has 16 heavy (non-hydrogen) atoms. The van der Waals surface area contributed by atoms with E-state index in [1.165, 1.54) is 0 Å². The largest absolute Gasteiger partial charge is 0.392 e. The monoisotopic (exact) mass is 218 g/mol. The number of hydrogen-bond donors (Lipinski definition) is 1. The Labute approximate surface area is 96.3 Å². The highest BCUT2D eigenvalue weighted by molar-refractivity contribution is 5.85. The average Bonchev–Trinajstić information content (AvgIpc) is 2.32. The number of carbonyl (C=O) groups is 1. The summed E-state index contributed by atoms with van der Waals surface area (Å²) in [4.78, 5) is 12.0. The molecule has 1 aromatic carbocycles. The first kappa shape index (κ1) is 11.3. The highest BCUT2D eigenvalue weighted by Gasteiger charge is 2.38. The van der Waals surface area contributed by atoms with Crippen molar-refractivity contribution in [3.8, 4) is 0 Å². The van der Waals surface area contributed by atoms with Crippen LogP contribution in [0.4, 0.5) is 0 Å². The van der Waals surface area contributed by atoms with Gasteiger partial charge < -0.3 is 5.11 Å². The van der Waals surface area contributed by atoms with Crippen LogP contribution >= 0.6 is 0 Å². The Morgan fingerprint density at radius 3 is 2.38 bits per heavy atom. The number of aliphatic hydroxyl groups is 1. The molecule has 1 aromatic rings. The van der Waals surface area contributed by atoms with Gasteiger partial charge in [-0.1, -0.05) is 44.2 Å². The van der Waals surface area contributed by atoms with Gasteiger partial charge in [-0.3, -0.25) is 4.79 Å². The molecule has 2 rings (SSSR count). The maximum absolute atomic E-state index is 12.0. The number of Topliss-reactive ketones (excluding diaryl/α,β-unsaturated/α-hetero) is 1. The molecule has 0 aliphatic heterocycles. The predicted octanol–water partition coefficient (Wildman–Crippen LogP) is 2.38. The van der Waals surface area contributed by atoms with Gasteiger partial charge in [0.2, 0.25) is 0 Å². The van der Waals surface area contributed by atoms with Crippen molar-refractivity contribution in [2.24, 2.45) is 11.8 Å². The van der Waals surface area contributed by atoms with Crippen LogP contribution in [0.1, 0.15) is 31.7 Å². The SMILES string of the molecule is C[C@@H]1C(=O)[C@H](C)[C@@H](c2ccccc2)C[C@H]1O. The van der Waals surface area contributed by atoms with Crippen molar-refractivity contribution < 1.29 is 9.90 Å². The van der Waals surface area contributed by atoms with Gasteiger partial charge in [-0.05, 0) is 17.9 Å². The summed E-state index contributed by atoms with van der Waals surface area (Å²) in [7, 11) is 0. The van der Waals surface area contributed by atoms with Gasteiger partial charge in [-0.2, -0.15) is 0 Å².